The van der Waals surface area contributed by atoms with Gasteiger partial charge in [0.15, 0.2) is 11.5 Å². The average Bonchev–Trinajstić information content (AvgIpc) is 3.08. The van der Waals surface area contributed by atoms with E-state index in [9.17, 15) is 0 Å². The lowest BCUT2D eigenvalue weighted by Crippen LogP contribution is -2.53. The third-order valence-corrected chi connectivity index (χ3v) is 6.54. The normalized spacial score (nSPS) is 33.2. The molecule has 4 aliphatic rings. The van der Waals surface area contributed by atoms with Gasteiger partial charge in [-0.2, -0.15) is 0 Å². The Morgan fingerprint density at radius 2 is 1.79 bits per heavy atom. The van der Waals surface area contributed by atoms with Crippen molar-refractivity contribution in [2.24, 2.45) is 0 Å². The predicted molar refractivity (Wildman–Crippen MR) is 93.4 cm³/mol. The van der Waals surface area contributed by atoms with Crippen molar-refractivity contribution < 1.29 is 9.47 Å². The van der Waals surface area contributed by atoms with Gasteiger partial charge in [0.05, 0.1) is 0 Å². The minimum absolute atomic E-state index is 0.186. The van der Waals surface area contributed by atoms with Crippen LogP contribution in [0.1, 0.15) is 57.9 Å². The van der Waals surface area contributed by atoms with Crippen molar-refractivity contribution in [3.8, 4) is 11.5 Å². The summed E-state index contributed by atoms with van der Waals surface area (Å²) in [5.41, 5.74) is 1.57. The molecule has 24 heavy (non-hydrogen) atoms. The Morgan fingerprint density at radius 1 is 1.08 bits per heavy atom. The molecular weight excluding hydrogens is 300 g/mol. The molecule has 0 spiro atoms. The summed E-state index contributed by atoms with van der Waals surface area (Å²) in [6.45, 7) is 5.07. The van der Waals surface area contributed by atoms with Crippen molar-refractivity contribution in [2.75, 3.05) is 6.79 Å². The van der Waals surface area contributed by atoms with E-state index in [-0.39, 0.29) is 5.54 Å². The first-order valence-electron chi connectivity index (χ1n) is 9.60. The van der Waals surface area contributed by atoms with Crippen LogP contribution in [-0.4, -0.2) is 35.9 Å². The van der Waals surface area contributed by atoms with Crippen LogP contribution in [-0.2, 0) is 5.54 Å². The van der Waals surface area contributed by atoms with Crippen molar-refractivity contribution in [1.82, 2.24) is 10.2 Å². The van der Waals surface area contributed by atoms with E-state index in [1.807, 2.05) is 0 Å². The summed E-state index contributed by atoms with van der Waals surface area (Å²) in [7, 11) is 0. The molecule has 3 fully saturated rings. The van der Waals surface area contributed by atoms with Crippen LogP contribution in [0.5, 0.6) is 11.5 Å². The van der Waals surface area contributed by atoms with Crippen molar-refractivity contribution in [2.45, 2.75) is 82.1 Å². The molecular formula is C20H28N2O2. The summed E-state index contributed by atoms with van der Waals surface area (Å²) in [5.74, 6) is 1.80. The lowest BCUT2D eigenvalue weighted by molar-refractivity contribution is 0.0805. The molecule has 3 aliphatic heterocycles. The number of rotatable bonds is 4. The van der Waals surface area contributed by atoms with E-state index in [1.54, 1.807) is 0 Å². The number of piperidine rings is 1. The molecule has 2 bridgehead atoms. The van der Waals surface area contributed by atoms with Gasteiger partial charge >= 0.3 is 0 Å². The molecule has 0 radical (unpaired) electrons. The first-order valence-corrected chi connectivity index (χ1v) is 9.60. The molecule has 130 valence electrons. The SMILES string of the molecule is CC(C)N1C2CCC1CC(NC1(c3ccc4c(c3)OCO4)CC1)C2. The zero-order valence-corrected chi connectivity index (χ0v) is 14.8. The van der Waals surface area contributed by atoms with Gasteiger partial charge in [-0.25, -0.2) is 0 Å². The zero-order valence-electron chi connectivity index (χ0n) is 14.8. The monoisotopic (exact) mass is 328 g/mol. The van der Waals surface area contributed by atoms with Crippen LogP contribution in [0, 0.1) is 0 Å². The van der Waals surface area contributed by atoms with E-state index in [1.165, 1.54) is 44.1 Å². The molecule has 4 nitrogen and oxygen atoms in total. The second-order valence-corrected chi connectivity index (χ2v) is 8.39. The zero-order chi connectivity index (χ0) is 16.3. The summed E-state index contributed by atoms with van der Waals surface area (Å²) in [6, 6.07) is 9.41. The van der Waals surface area contributed by atoms with Gasteiger partial charge in [0, 0.05) is 29.7 Å². The van der Waals surface area contributed by atoms with Crippen molar-refractivity contribution in [3.05, 3.63) is 23.8 Å². The van der Waals surface area contributed by atoms with Gasteiger partial charge in [-0.1, -0.05) is 6.07 Å². The van der Waals surface area contributed by atoms with E-state index in [0.717, 1.165) is 23.6 Å². The van der Waals surface area contributed by atoms with Gasteiger partial charge in [0.25, 0.3) is 0 Å². The molecule has 1 aromatic rings. The highest BCUT2D eigenvalue weighted by molar-refractivity contribution is 5.47. The molecule has 4 heteroatoms. The van der Waals surface area contributed by atoms with Crippen LogP contribution in [0.3, 0.4) is 0 Å². The number of benzene rings is 1. The summed E-state index contributed by atoms with van der Waals surface area (Å²) in [6.07, 6.45) is 7.87. The molecule has 2 saturated heterocycles. The topological polar surface area (TPSA) is 33.7 Å². The smallest absolute Gasteiger partial charge is 0.231 e. The largest absolute Gasteiger partial charge is 0.454 e. The Bertz CT molecular complexity index is 627. The van der Waals surface area contributed by atoms with Crippen molar-refractivity contribution in [3.63, 3.8) is 0 Å². The van der Waals surface area contributed by atoms with Gasteiger partial charge < -0.3 is 14.8 Å². The van der Waals surface area contributed by atoms with Crippen LogP contribution in [0.2, 0.25) is 0 Å². The fourth-order valence-corrected chi connectivity index (χ4v) is 5.40. The molecule has 2 atom stereocenters. The second-order valence-electron chi connectivity index (χ2n) is 8.39. The van der Waals surface area contributed by atoms with Crippen LogP contribution in [0.25, 0.3) is 0 Å². The predicted octanol–water partition coefficient (Wildman–Crippen LogP) is 3.40. The maximum absolute atomic E-state index is 5.58. The molecule has 2 unspecified atom stereocenters. The van der Waals surface area contributed by atoms with Crippen molar-refractivity contribution >= 4 is 0 Å². The fraction of sp³-hybridized carbons (Fsp3) is 0.700. The summed E-state index contributed by atoms with van der Waals surface area (Å²) in [4.78, 5) is 2.78. The minimum atomic E-state index is 0.186. The van der Waals surface area contributed by atoms with E-state index in [4.69, 9.17) is 9.47 Å². The van der Waals surface area contributed by atoms with E-state index >= 15 is 0 Å². The van der Waals surface area contributed by atoms with E-state index in [0.29, 0.717) is 18.9 Å². The maximum atomic E-state index is 5.58. The van der Waals surface area contributed by atoms with Gasteiger partial charge in [-0.05, 0) is 70.1 Å². The third kappa shape index (κ3) is 2.34. The number of hydrogen-bond acceptors (Lipinski definition) is 4. The molecule has 1 saturated carbocycles. The molecule has 1 aliphatic carbocycles. The van der Waals surface area contributed by atoms with Gasteiger partial charge in [-0.3, -0.25) is 4.90 Å². The van der Waals surface area contributed by atoms with Crippen molar-refractivity contribution in [1.29, 1.82) is 0 Å². The Kier molecular flexibility index (Phi) is 3.36. The summed E-state index contributed by atoms with van der Waals surface area (Å²) >= 11 is 0. The van der Waals surface area contributed by atoms with Gasteiger partial charge in [0.2, 0.25) is 6.79 Å². The Morgan fingerprint density at radius 3 is 2.46 bits per heavy atom. The van der Waals surface area contributed by atoms with Crippen LogP contribution >= 0.6 is 0 Å². The van der Waals surface area contributed by atoms with Crippen LogP contribution in [0.4, 0.5) is 0 Å². The first-order chi connectivity index (χ1) is 11.6. The highest BCUT2D eigenvalue weighted by Gasteiger charge is 2.49. The number of fused-ring (bicyclic) bond motifs is 3. The number of nitrogens with one attached hydrogen (secondary N) is 1. The van der Waals surface area contributed by atoms with Gasteiger partial charge in [0.1, 0.15) is 0 Å². The Labute approximate surface area is 144 Å². The van der Waals surface area contributed by atoms with Crippen LogP contribution < -0.4 is 14.8 Å². The number of ether oxygens (including phenoxy) is 2. The summed E-state index contributed by atoms with van der Waals surface area (Å²) < 4.78 is 11.0. The molecule has 1 aromatic carbocycles. The second kappa shape index (κ2) is 5.37. The molecule has 5 rings (SSSR count). The average molecular weight is 328 g/mol. The number of nitrogens with zero attached hydrogens (tertiary/aromatic N) is 1. The van der Waals surface area contributed by atoms with E-state index in [2.05, 4.69) is 42.3 Å². The standard InChI is InChI=1S/C20H28N2O2/c1-13(2)22-16-4-5-17(22)11-15(10-16)21-20(7-8-20)14-3-6-18-19(9-14)24-12-23-18/h3,6,9,13,15-17,21H,4-5,7-8,10-12H2,1-2H3. The Balaban J connectivity index is 1.32. The lowest BCUT2D eigenvalue weighted by atomic mass is 9.93. The minimum Gasteiger partial charge on any atom is -0.454 e. The summed E-state index contributed by atoms with van der Waals surface area (Å²) in [5, 5.41) is 4.05. The number of hydrogen-bond donors (Lipinski definition) is 1. The van der Waals surface area contributed by atoms with Crippen LogP contribution in [0.15, 0.2) is 18.2 Å². The first kappa shape index (κ1) is 15.0. The molecule has 1 N–H and O–H groups in total. The fourth-order valence-electron chi connectivity index (χ4n) is 5.40. The molecule has 0 aromatic heterocycles. The highest BCUT2D eigenvalue weighted by Crippen LogP contribution is 2.50. The third-order valence-electron chi connectivity index (χ3n) is 6.54. The lowest BCUT2D eigenvalue weighted by Gasteiger charge is -2.43. The van der Waals surface area contributed by atoms with E-state index < -0.39 is 0 Å². The quantitative estimate of drug-likeness (QED) is 0.918. The van der Waals surface area contributed by atoms with Gasteiger partial charge in [-0.15, -0.1) is 0 Å². The highest BCUT2D eigenvalue weighted by atomic mass is 16.7. The molecule has 3 heterocycles. The maximum Gasteiger partial charge on any atom is 0.231 e. The molecule has 0 amide bonds. The Hall–Kier alpha value is -1.26.